The molecule has 0 saturated heterocycles. The van der Waals surface area contributed by atoms with E-state index in [0.717, 1.165) is 23.4 Å². The Kier molecular flexibility index (Phi) is 4.37. The Morgan fingerprint density at radius 2 is 2.05 bits per heavy atom. The molecule has 1 aromatic carbocycles. The second-order valence-electron chi connectivity index (χ2n) is 5.37. The largest absolute Gasteiger partial charge is 0.328 e. The number of hydrogen-bond donors (Lipinski definition) is 1. The molecule has 2 rings (SSSR count). The lowest BCUT2D eigenvalue weighted by Gasteiger charge is -2.08. The van der Waals surface area contributed by atoms with Gasteiger partial charge in [0, 0.05) is 17.8 Å². The van der Waals surface area contributed by atoms with Crippen LogP contribution < -0.4 is 5.73 Å². The summed E-state index contributed by atoms with van der Waals surface area (Å²) in [5.74, 6) is 0. The molecule has 0 aliphatic rings. The molecule has 1 unspecified atom stereocenters. The van der Waals surface area contributed by atoms with Crippen LogP contribution in [0.5, 0.6) is 0 Å². The SMILES string of the molecule is Cc1nn(Cc2ccccc2[N+](=O)[O-])c(C)c1CC(C)N. The van der Waals surface area contributed by atoms with Gasteiger partial charge in [-0.05, 0) is 32.8 Å². The number of nitro groups is 1. The Bertz CT molecular complexity index is 662. The van der Waals surface area contributed by atoms with Gasteiger partial charge in [0.2, 0.25) is 0 Å². The van der Waals surface area contributed by atoms with E-state index in [1.165, 1.54) is 6.07 Å². The van der Waals surface area contributed by atoms with Gasteiger partial charge in [-0.1, -0.05) is 18.2 Å². The molecule has 112 valence electrons. The summed E-state index contributed by atoms with van der Waals surface area (Å²) in [5, 5.41) is 15.6. The summed E-state index contributed by atoms with van der Waals surface area (Å²) in [6, 6.07) is 6.82. The van der Waals surface area contributed by atoms with Gasteiger partial charge in [0.05, 0.1) is 22.7 Å². The van der Waals surface area contributed by atoms with Crippen LogP contribution in [-0.2, 0) is 13.0 Å². The molecular weight excluding hydrogens is 268 g/mol. The van der Waals surface area contributed by atoms with Crippen LogP contribution in [0.15, 0.2) is 24.3 Å². The van der Waals surface area contributed by atoms with Gasteiger partial charge in [-0.15, -0.1) is 0 Å². The van der Waals surface area contributed by atoms with E-state index < -0.39 is 0 Å². The van der Waals surface area contributed by atoms with E-state index >= 15 is 0 Å². The van der Waals surface area contributed by atoms with Gasteiger partial charge in [0.1, 0.15) is 0 Å². The van der Waals surface area contributed by atoms with Gasteiger partial charge in [-0.2, -0.15) is 5.10 Å². The number of rotatable bonds is 5. The molecule has 1 heterocycles. The van der Waals surface area contributed by atoms with E-state index in [9.17, 15) is 10.1 Å². The minimum absolute atomic E-state index is 0.0612. The number of benzene rings is 1. The summed E-state index contributed by atoms with van der Waals surface area (Å²) < 4.78 is 1.81. The molecule has 21 heavy (non-hydrogen) atoms. The summed E-state index contributed by atoms with van der Waals surface area (Å²) in [6.07, 6.45) is 0.758. The standard InChI is InChI=1S/C15H20N4O2/c1-10(16)8-14-11(2)17-18(12(14)3)9-13-6-4-5-7-15(13)19(20)21/h4-7,10H,8-9,16H2,1-3H3. The van der Waals surface area contributed by atoms with Crippen molar-refractivity contribution >= 4 is 5.69 Å². The van der Waals surface area contributed by atoms with Crippen molar-refractivity contribution in [3.05, 3.63) is 56.9 Å². The molecule has 0 spiro atoms. The van der Waals surface area contributed by atoms with E-state index in [-0.39, 0.29) is 16.7 Å². The fourth-order valence-corrected chi connectivity index (χ4v) is 2.49. The third kappa shape index (κ3) is 3.28. The highest BCUT2D eigenvalue weighted by atomic mass is 16.6. The fraction of sp³-hybridized carbons (Fsp3) is 0.400. The van der Waals surface area contributed by atoms with E-state index in [2.05, 4.69) is 5.10 Å². The first-order chi connectivity index (χ1) is 9.90. The molecule has 0 radical (unpaired) electrons. The van der Waals surface area contributed by atoms with E-state index in [0.29, 0.717) is 12.1 Å². The zero-order valence-corrected chi connectivity index (χ0v) is 12.5. The van der Waals surface area contributed by atoms with Gasteiger partial charge >= 0.3 is 0 Å². The lowest BCUT2D eigenvalue weighted by Crippen LogP contribution is -2.18. The van der Waals surface area contributed by atoms with Crippen molar-refractivity contribution in [2.24, 2.45) is 5.73 Å². The highest BCUT2D eigenvalue weighted by molar-refractivity contribution is 5.40. The molecular formula is C15H20N4O2. The Hall–Kier alpha value is -2.21. The molecule has 0 aliphatic carbocycles. The van der Waals surface area contributed by atoms with Crippen LogP contribution in [0.3, 0.4) is 0 Å². The molecule has 0 saturated carbocycles. The van der Waals surface area contributed by atoms with Crippen molar-refractivity contribution in [3.8, 4) is 0 Å². The number of aromatic nitrogens is 2. The fourth-order valence-electron chi connectivity index (χ4n) is 2.49. The van der Waals surface area contributed by atoms with Gasteiger partial charge in [-0.25, -0.2) is 0 Å². The number of nitro benzene ring substituents is 1. The topological polar surface area (TPSA) is 87.0 Å². The zero-order chi connectivity index (χ0) is 15.6. The van der Waals surface area contributed by atoms with Gasteiger partial charge < -0.3 is 5.73 Å². The number of aryl methyl sites for hydroxylation is 1. The second-order valence-corrected chi connectivity index (χ2v) is 5.37. The lowest BCUT2D eigenvalue weighted by molar-refractivity contribution is -0.385. The highest BCUT2D eigenvalue weighted by Crippen LogP contribution is 2.21. The van der Waals surface area contributed by atoms with Gasteiger partial charge in [0.15, 0.2) is 0 Å². The van der Waals surface area contributed by atoms with Crippen molar-refractivity contribution in [3.63, 3.8) is 0 Å². The second kappa shape index (κ2) is 6.05. The Morgan fingerprint density at radius 3 is 2.67 bits per heavy atom. The monoisotopic (exact) mass is 288 g/mol. The molecule has 1 aromatic heterocycles. The third-order valence-corrected chi connectivity index (χ3v) is 3.57. The van der Waals surface area contributed by atoms with Crippen LogP contribution in [-0.4, -0.2) is 20.7 Å². The molecule has 0 aliphatic heterocycles. The van der Waals surface area contributed by atoms with Crippen molar-refractivity contribution < 1.29 is 4.92 Å². The molecule has 2 N–H and O–H groups in total. The van der Waals surface area contributed by atoms with Crippen molar-refractivity contribution in [1.29, 1.82) is 0 Å². The normalized spacial score (nSPS) is 12.4. The van der Waals surface area contributed by atoms with Crippen molar-refractivity contribution in [2.75, 3.05) is 0 Å². The summed E-state index contributed by atoms with van der Waals surface area (Å²) >= 11 is 0. The van der Waals surface area contributed by atoms with Crippen LogP contribution in [0.2, 0.25) is 0 Å². The number of hydrogen-bond acceptors (Lipinski definition) is 4. The molecule has 6 nitrogen and oxygen atoms in total. The quantitative estimate of drug-likeness (QED) is 0.675. The smallest absolute Gasteiger partial charge is 0.274 e. The molecule has 1 atom stereocenters. The van der Waals surface area contributed by atoms with Gasteiger partial charge in [0.25, 0.3) is 5.69 Å². The predicted octanol–water partition coefficient (Wildman–Crippen LogP) is 2.35. The molecule has 2 aromatic rings. The van der Waals surface area contributed by atoms with Crippen molar-refractivity contribution in [2.45, 2.75) is 39.8 Å². The van der Waals surface area contributed by atoms with E-state index in [4.69, 9.17) is 5.73 Å². The number of nitrogens with zero attached hydrogens (tertiary/aromatic N) is 3. The predicted molar refractivity (Wildman–Crippen MR) is 81.3 cm³/mol. The summed E-state index contributed by atoms with van der Waals surface area (Å²) in [7, 11) is 0. The van der Waals surface area contributed by atoms with Gasteiger partial charge in [-0.3, -0.25) is 14.8 Å². The van der Waals surface area contributed by atoms with E-state index in [1.807, 2.05) is 25.5 Å². The maximum Gasteiger partial charge on any atom is 0.274 e. The summed E-state index contributed by atoms with van der Waals surface area (Å²) in [5.41, 5.74) is 9.72. The number of nitrogens with two attached hydrogens (primary N) is 1. The Morgan fingerprint density at radius 1 is 1.38 bits per heavy atom. The zero-order valence-electron chi connectivity index (χ0n) is 12.5. The van der Waals surface area contributed by atoms with E-state index in [1.54, 1.807) is 18.2 Å². The third-order valence-electron chi connectivity index (χ3n) is 3.57. The van der Waals surface area contributed by atoms with Crippen LogP contribution in [0.25, 0.3) is 0 Å². The van der Waals surface area contributed by atoms with Crippen LogP contribution >= 0.6 is 0 Å². The summed E-state index contributed by atoms with van der Waals surface area (Å²) in [6.45, 7) is 6.27. The molecule has 6 heteroatoms. The lowest BCUT2D eigenvalue weighted by atomic mass is 10.1. The first-order valence-corrected chi connectivity index (χ1v) is 6.91. The Balaban J connectivity index is 2.35. The Labute approximate surface area is 123 Å². The number of para-hydroxylation sites is 1. The average Bonchev–Trinajstić information content (AvgIpc) is 2.66. The first-order valence-electron chi connectivity index (χ1n) is 6.91. The first kappa shape index (κ1) is 15.2. The van der Waals surface area contributed by atoms with Crippen LogP contribution in [0, 0.1) is 24.0 Å². The molecule has 0 bridgehead atoms. The minimum atomic E-state index is -0.357. The van der Waals surface area contributed by atoms with Crippen LogP contribution in [0.4, 0.5) is 5.69 Å². The highest BCUT2D eigenvalue weighted by Gasteiger charge is 2.17. The minimum Gasteiger partial charge on any atom is -0.328 e. The maximum atomic E-state index is 11.1. The average molecular weight is 288 g/mol. The van der Waals surface area contributed by atoms with Crippen LogP contribution in [0.1, 0.15) is 29.4 Å². The molecule has 0 fully saturated rings. The van der Waals surface area contributed by atoms with Crippen molar-refractivity contribution in [1.82, 2.24) is 9.78 Å². The molecule has 0 amide bonds. The maximum absolute atomic E-state index is 11.1. The summed E-state index contributed by atoms with van der Waals surface area (Å²) in [4.78, 5) is 10.7.